The van der Waals surface area contributed by atoms with Gasteiger partial charge in [-0.05, 0) is 54.9 Å². The number of hydrogen-bond donors (Lipinski definition) is 4. The second-order valence-electron chi connectivity index (χ2n) is 8.80. The van der Waals surface area contributed by atoms with Crippen LogP contribution in [-0.2, 0) is 19.1 Å². The van der Waals surface area contributed by atoms with E-state index in [1.165, 1.54) is 61.4 Å². The molecule has 5 nitrogen and oxygen atoms in total. The fourth-order valence-corrected chi connectivity index (χ4v) is 3.85. The molecule has 1 aliphatic rings. The molecule has 1 aliphatic carbocycles. The van der Waals surface area contributed by atoms with Crippen molar-refractivity contribution in [1.29, 1.82) is 0 Å². The lowest BCUT2D eigenvalue weighted by molar-refractivity contribution is -0.138. The fourth-order valence-electron chi connectivity index (χ4n) is 3.85. The Bertz CT molecular complexity index is 875. The number of alkyl halides is 3. The van der Waals surface area contributed by atoms with Gasteiger partial charge in [-0.15, -0.1) is 0 Å². The molecule has 2 aromatic carbocycles. The average molecular weight is 494 g/mol. The number of allylic oxidation sites excluding steroid dienone is 2. The van der Waals surface area contributed by atoms with E-state index < -0.39 is 11.7 Å². The minimum absolute atomic E-state index is 0.0876. The van der Waals surface area contributed by atoms with Crippen molar-refractivity contribution in [2.75, 3.05) is 20.1 Å². The van der Waals surface area contributed by atoms with Crippen LogP contribution in [0, 0.1) is 12.8 Å². The van der Waals surface area contributed by atoms with Crippen molar-refractivity contribution in [3.63, 3.8) is 0 Å². The first-order chi connectivity index (χ1) is 16.6. The molecule has 0 saturated heterocycles. The van der Waals surface area contributed by atoms with Gasteiger partial charge in [-0.3, -0.25) is 5.84 Å². The third-order valence-corrected chi connectivity index (χ3v) is 5.92. The van der Waals surface area contributed by atoms with Gasteiger partial charge in [-0.25, -0.2) is 5.01 Å². The molecule has 0 amide bonds. The Kier molecular flexibility index (Phi) is 14.3. The Hall–Kier alpha value is -2.39. The maximum atomic E-state index is 12.2. The van der Waals surface area contributed by atoms with E-state index in [9.17, 15) is 13.2 Å². The summed E-state index contributed by atoms with van der Waals surface area (Å²) in [5.74, 6) is 5.80. The number of hydrazine groups is 1. The van der Waals surface area contributed by atoms with E-state index in [1.807, 2.05) is 0 Å². The standard InChI is InChI=1S/C16H23N.C8H8F3N.C3H11N3/c1-13-7-5-6-8-14(13)11-12-16(17)15-9-3-2-4-10-15;9-8(10,11)7-4-2-1-3-6(7)5-12;1-6(5)3-2-4/h5-8,12,15H,2-4,9-11,17H2,1H3;1-4H,5,12H2;2-5H2,1H3/b16-12-;;. The van der Waals surface area contributed by atoms with Crippen LogP contribution in [0.25, 0.3) is 0 Å². The van der Waals surface area contributed by atoms with Crippen LogP contribution in [-0.4, -0.2) is 25.1 Å². The highest BCUT2D eigenvalue weighted by Gasteiger charge is 2.32. The number of likely N-dealkylation sites (N-methyl/N-ethyl adjacent to an activating group) is 1. The molecule has 35 heavy (non-hydrogen) atoms. The van der Waals surface area contributed by atoms with Gasteiger partial charge in [-0.2, -0.15) is 13.2 Å². The molecule has 8 heteroatoms. The van der Waals surface area contributed by atoms with E-state index in [1.54, 1.807) is 12.1 Å². The van der Waals surface area contributed by atoms with Crippen molar-refractivity contribution in [3.8, 4) is 0 Å². The summed E-state index contributed by atoms with van der Waals surface area (Å²) in [4.78, 5) is 0. The van der Waals surface area contributed by atoms with Gasteiger partial charge in [0.05, 0.1) is 5.56 Å². The SMILES string of the molecule is CN(N)CCN.Cc1ccccc1C/C=C(\N)C1CCCCC1.NCc1ccccc1C(F)(F)F. The van der Waals surface area contributed by atoms with Gasteiger partial charge in [0, 0.05) is 32.4 Å². The first kappa shape index (κ1) is 30.6. The third-order valence-electron chi connectivity index (χ3n) is 5.92. The Labute approximate surface area is 208 Å². The second-order valence-corrected chi connectivity index (χ2v) is 8.80. The molecule has 0 unspecified atom stereocenters. The van der Waals surface area contributed by atoms with Crippen LogP contribution in [0.4, 0.5) is 13.2 Å². The van der Waals surface area contributed by atoms with Crippen molar-refractivity contribution in [1.82, 2.24) is 5.01 Å². The van der Waals surface area contributed by atoms with E-state index in [4.69, 9.17) is 23.0 Å². The lowest BCUT2D eigenvalue weighted by Crippen LogP contribution is -2.31. The van der Waals surface area contributed by atoms with Crippen molar-refractivity contribution >= 4 is 0 Å². The Morgan fingerprint density at radius 2 is 1.54 bits per heavy atom. The van der Waals surface area contributed by atoms with Crippen LogP contribution in [0.1, 0.15) is 54.4 Å². The highest BCUT2D eigenvalue weighted by atomic mass is 19.4. The minimum atomic E-state index is -4.30. The smallest absolute Gasteiger partial charge is 0.402 e. The lowest BCUT2D eigenvalue weighted by atomic mass is 9.86. The predicted octanol–water partition coefficient (Wildman–Crippen LogP) is 4.88. The first-order valence-electron chi connectivity index (χ1n) is 12.1. The average Bonchev–Trinajstić information content (AvgIpc) is 2.84. The number of nitrogens with two attached hydrogens (primary N) is 4. The maximum Gasteiger partial charge on any atom is 0.416 e. The van der Waals surface area contributed by atoms with Gasteiger partial charge in [0.25, 0.3) is 0 Å². The Morgan fingerprint density at radius 3 is 2.00 bits per heavy atom. The number of nitrogens with zero attached hydrogens (tertiary/aromatic N) is 1. The quantitative estimate of drug-likeness (QED) is 0.339. The molecule has 196 valence electrons. The molecule has 0 spiro atoms. The Morgan fingerprint density at radius 1 is 0.971 bits per heavy atom. The molecule has 3 rings (SSSR count). The summed E-state index contributed by atoms with van der Waals surface area (Å²) in [6.07, 6.45) is 5.59. The third kappa shape index (κ3) is 12.2. The monoisotopic (exact) mass is 493 g/mol. The summed E-state index contributed by atoms with van der Waals surface area (Å²) in [7, 11) is 1.78. The highest BCUT2D eigenvalue weighted by molar-refractivity contribution is 5.29. The number of benzene rings is 2. The van der Waals surface area contributed by atoms with Crippen molar-refractivity contribution in [3.05, 3.63) is 82.6 Å². The summed E-state index contributed by atoms with van der Waals surface area (Å²) >= 11 is 0. The zero-order valence-electron chi connectivity index (χ0n) is 21.0. The molecule has 0 heterocycles. The van der Waals surface area contributed by atoms with Crippen LogP contribution in [0.5, 0.6) is 0 Å². The molecule has 0 aliphatic heterocycles. The summed E-state index contributed by atoms with van der Waals surface area (Å²) in [5.41, 5.74) is 19.8. The lowest BCUT2D eigenvalue weighted by Gasteiger charge is -2.22. The van der Waals surface area contributed by atoms with Crippen LogP contribution in [0.3, 0.4) is 0 Å². The number of hydrogen-bond acceptors (Lipinski definition) is 5. The number of aryl methyl sites for hydroxylation is 1. The molecule has 0 bridgehead atoms. The number of rotatable bonds is 6. The molecule has 0 aromatic heterocycles. The molecular formula is C27H42F3N5. The van der Waals surface area contributed by atoms with Crippen LogP contribution >= 0.6 is 0 Å². The van der Waals surface area contributed by atoms with E-state index in [0.717, 1.165) is 24.7 Å². The van der Waals surface area contributed by atoms with E-state index in [0.29, 0.717) is 12.5 Å². The van der Waals surface area contributed by atoms with Crippen molar-refractivity contribution in [2.24, 2.45) is 29.0 Å². The zero-order valence-corrected chi connectivity index (χ0v) is 21.0. The molecule has 1 saturated carbocycles. The van der Waals surface area contributed by atoms with E-state index in [-0.39, 0.29) is 12.1 Å². The molecule has 1 fully saturated rings. The zero-order chi connectivity index (χ0) is 26.3. The minimum Gasteiger partial charge on any atom is -0.402 e. The highest BCUT2D eigenvalue weighted by Crippen LogP contribution is 2.31. The summed E-state index contributed by atoms with van der Waals surface area (Å²) < 4.78 is 36.5. The predicted molar refractivity (Wildman–Crippen MR) is 139 cm³/mol. The van der Waals surface area contributed by atoms with Gasteiger partial charge in [-0.1, -0.05) is 67.8 Å². The van der Waals surface area contributed by atoms with Gasteiger partial charge >= 0.3 is 6.18 Å². The van der Waals surface area contributed by atoms with Crippen molar-refractivity contribution in [2.45, 2.75) is 58.2 Å². The normalized spacial score (nSPS) is 14.6. The topological polar surface area (TPSA) is 107 Å². The second kappa shape index (κ2) is 16.3. The van der Waals surface area contributed by atoms with Crippen LogP contribution in [0.15, 0.2) is 60.3 Å². The van der Waals surface area contributed by atoms with Crippen LogP contribution in [0.2, 0.25) is 0 Å². The van der Waals surface area contributed by atoms with E-state index in [2.05, 4.69) is 37.3 Å². The number of halogens is 3. The van der Waals surface area contributed by atoms with Gasteiger partial charge < -0.3 is 17.2 Å². The van der Waals surface area contributed by atoms with Crippen molar-refractivity contribution < 1.29 is 13.2 Å². The van der Waals surface area contributed by atoms with Crippen LogP contribution < -0.4 is 23.0 Å². The summed E-state index contributed by atoms with van der Waals surface area (Å²) in [5, 5.41) is 1.56. The van der Waals surface area contributed by atoms with E-state index >= 15 is 0 Å². The molecule has 8 N–H and O–H groups in total. The Balaban J connectivity index is 0.000000296. The summed E-state index contributed by atoms with van der Waals surface area (Å²) in [6.45, 7) is 3.47. The van der Waals surface area contributed by atoms with Gasteiger partial charge in [0.15, 0.2) is 0 Å². The largest absolute Gasteiger partial charge is 0.416 e. The van der Waals surface area contributed by atoms with Gasteiger partial charge in [0.2, 0.25) is 0 Å². The molecule has 2 aromatic rings. The van der Waals surface area contributed by atoms with Gasteiger partial charge in [0.1, 0.15) is 0 Å². The molecular weight excluding hydrogens is 451 g/mol. The maximum absolute atomic E-state index is 12.2. The molecule has 0 atom stereocenters. The fraction of sp³-hybridized carbons (Fsp3) is 0.481. The first-order valence-corrected chi connectivity index (χ1v) is 12.1. The molecule has 0 radical (unpaired) electrons. The summed E-state index contributed by atoms with van der Waals surface area (Å²) in [6, 6.07) is 13.9.